The molecule has 0 bridgehead atoms. The standard InChI is InChI=1S/C8H12N2O2/c1-7-3-2-4-9(7)10-5-6-12-8(10)11/h1-6H2. The first-order valence-electron chi connectivity index (χ1n) is 4.18. The first-order valence-corrected chi connectivity index (χ1v) is 4.18. The van der Waals surface area contributed by atoms with Gasteiger partial charge in [0.05, 0.1) is 6.54 Å². The summed E-state index contributed by atoms with van der Waals surface area (Å²) in [6, 6.07) is 0. The van der Waals surface area contributed by atoms with E-state index in [2.05, 4.69) is 6.58 Å². The lowest BCUT2D eigenvalue weighted by molar-refractivity contribution is 0.0687. The Morgan fingerprint density at radius 1 is 1.33 bits per heavy atom. The van der Waals surface area contributed by atoms with Gasteiger partial charge in [0.2, 0.25) is 0 Å². The molecule has 2 heterocycles. The number of carbonyl (C=O) groups excluding carboxylic acids is 1. The van der Waals surface area contributed by atoms with E-state index >= 15 is 0 Å². The molecule has 0 saturated carbocycles. The van der Waals surface area contributed by atoms with Gasteiger partial charge in [-0.25, -0.2) is 9.80 Å². The smallest absolute Gasteiger partial charge is 0.428 e. The van der Waals surface area contributed by atoms with E-state index in [0.717, 1.165) is 25.1 Å². The molecule has 0 aromatic carbocycles. The highest BCUT2D eigenvalue weighted by Gasteiger charge is 2.30. The Labute approximate surface area is 71.4 Å². The van der Waals surface area contributed by atoms with E-state index in [1.54, 1.807) is 5.01 Å². The van der Waals surface area contributed by atoms with Crippen LogP contribution in [0, 0.1) is 0 Å². The van der Waals surface area contributed by atoms with Crippen LogP contribution in [0.25, 0.3) is 0 Å². The van der Waals surface area contributed by atoms with Crippen molar-refractivity contribution in [3.05, 3.63) is 12.3 Å². The number of allylic oxidation sites excluding steroid dienone is 1. The van der Waals surface area contributed by atoms with E-state index in [4.69, 9.17) is 4.74 Å². The van der Waals surface area contributed by atoms with Crippen LogP contribution < -0.4 is 0 Å². The van der Waals surface area contributed by atoms with Crippen molar-refractivity contribution in [1.82, 2.24) is 10.0 Å². The normalized spacial score (nSPS) is 23.7. The fourth-order valence-electron chi connectivity index (χ4n) is 1.62. The molecule has 0 aliphatic carbocycles. The summed E-state index contributed by atoms with van der Waals surface area (Å²) >= 11 is 0. The number of cyclic esters (lactones) is 1. The van der Waals surface area contributed by atoms with Crippen LogP contribution in [0.4, 0.5) is 4.79 Å². The van der Waals surface area contributed by atoms with Gasteiger partial charge >= 0.3 is 6.09 Å². The minimum absolute atomic E-state index is 0.238. The maximum atomic E-state index is 11.1. The lowest BCUT2D eigenvalue weighted by atomic mass is 10.3. The maximum absolute atomic E-state index is 11.1. The Hall–Kier alpha value is -1.19. The van der Waals surface area contributed by atoms with Gasteiger partial charge in [-0.15, -0.1) is 0 Å². The Bertz CT molecular complexity index is 203. The zero-order valence-electron chi connectivity index (χ0n) is 6.95. The summed E-state index contributed by atoms with van der Waals surface area (Å²) < 4.78 is 4.83. The van der Waals surface area contributed by atoms with Crippen LogP contribution >= 0.6 is 0 Å². The predicted molar refractivity (Wildman–Crippen MR) is 43.1 cm³/mol. The minimum atomic E-state index is -0.238. The van der Waals surface area contributed by atoms with E-state index < -0.39 is 0 Å². The van der Waals surface area contributed by atoms with E-state index in [1.807, 2.05) is 5.01 Å². The average molecular weight is 168 g/mol. The van der Waals surface area contributed by atoms with Crippen molar-refractivity contribution < 1.29 is 9.53 Å². The van der Waals surface area contributed by atoms with Crippen LogP contribution in [0.1, 0.15) is 12.8 Å². The number of rotatable bonds is 1. The largest absolute Gasteiger partial charge is 0.446 e. The van der Waals surface area contributed by atoms with Crippen molar-refractivity contribution in [2.24, 2.45) is 0 Å². The highest BCUT2D eigenvalue weighted by atomic mass is 16.6. The van der Waals surface area contributed by atoms with Crippen molar-refractivity contribution in [3.8, 4) is 0 Å². The van der Waals surface area contributed by atoms with Crippen molar-refractivity contribution in [1.29, 1.82) is 0 Å². The highest BCUT2D eigenvalue weighted by molar-refractivity contribution is 5.68. The molecule has 0 aromatic rings. The number of hydrogen-bond acceptors (Lipinski definition) is 3. The fourth-order valence-corrected chi connectivity index (χ4v) is 1.62. The van der Waals surface area contributed by atoms with E-state index in [0.29, 0.717) is 13.2 Å². The molecule has 12 heavy (non-hydrogen) atoms. The monoisotopic (exact) mass is 168 g/mol. The number of amides is 1. The second-order valence-electron chi connectivity index (χ2n) is 3.03. The van der Waals surface area contributed by atoms with Gasteiger partial charge in [0.1, 0.15) is 6.61 Å². The molecule has 2 fully saturated rings. The Morgan fingerprint density at radius 3 is 2.67 bits per heavy atom. The number of hydrogen-bond donors (Lipinski definition) is 0. The van der Waals surface area contributed by atoms with Crippen LogP contribution in [-0.4, -0.2) is 35.8 Å². The van der Waals surface area contributed by atoms with Crippen LogP contribution in [0.3, 0.4) is 0 Å². The SMILES string of the molecule is C=C1CCCN1N1CCOC1=O. The van der Waals surface area contributed by atoms with Gasteiger partial charge in [0.25, 0.3) is 0 Å². The van der Waals surface area contributed by atoms with Crippen molar-refractivity contribution in [2.45, 2.75) is 12.8 Å². The third-order valence-electron chi connectivity index (χ3n) is 2.23. The van der Waals surface area contributed by atoms with E-state index in [-0.39, 0.29) is 6.09 Å². The molecule has 0 spiro atoms. The average Bonchev–Trinajstić information content (AvgIpc) is 2.59. The van der Waals surface area contributed by atoms with Crippen molar-refractivity contribution in [2.75, 3.05) is 19.7 Å². The summed E-state index contributed by atoms with van der Waals surface area (Å²) in [6.07, 6.45) is 1.84. The highest BCUT2D eigenvalue weighted by Crippen LogP contribution is 2.23. The quantitative estimate of drug-likeness (QED) is 0.584. The summed E-state index contributed by atoms with van der Waals surface area (Å²) in [6.45, 7) is 5.96. The maximum Gasteiger partial charge on any atom is 0.428 e. The van der Waals surface area contributed by atoms with Crippen molar-refractivity contribution >= 4 is 6.09 Å². The molecule has 1 amide bonds. The molecule has 0 N–H and O–H groups in total. The van der Waals surface area contributed by atoms with Crippen LogP contribution in [0.2, 0.25) is 0 Å². The molecule has 2 rings (SSSR count). The Balaban J connectivity index is 2.08. The van der Waals surface area contributed by atoms with Gasteiger partial charge < -0.3 is 4.74 Å². The zero-order valence-corrected chi connectivity index (χ0v) is 6.95. The molecule has 2 saturated heterocycles. The minimum Gasteiger partial charge on any atom is -0.446 e. The molecule has 4 heteroatoms. The second kappa shape index (κ2) is 2.69. The zero-order chi connectivity index (χ0) is 8.55. The van der Waals surface area contributed by atoms with E-state index in [1.165, 1.54) is 0 Å². The van der Waals surface area contributed by atoms with Gasteiger partial charge in [-0.05, 0) is 12.8 Å². The molecule has 4 nitrogen and oxygen atoms in total. The summed E-state index contributed by atoms with van der Waals surface area (Å²) in [5, 5.41) is 3.56. The molecule has 0 unspecified atom stereocenters. The van der Waals surface area contributed by atoms with Crippen LogP contribution in [-0.2, 0) is 4.74 Å². The third-order valence-corrected chi connectivity index (χ3v) is 2.23. The molecular formula is C8H12N2O2. The predicted octanol–water partition coefficient (Wildman–Crippen LogP) is 0.963. The first-order chi connectivity index (χ1) is 5.79. The van der Waals surface area contributed by atoms with Crippen molar-refractivity contribution in [3.63, 3.8) is 0 Å². The Kier molecular flexibility index (Phi) is 1.67. The van der Waals surface area contributed by atoms with Gasteiger partial charge in [-0.2, -0.15) is 0 Å². The molecule has 0 radical (unpaired) electrons. The molecule has 0 atom stereocenters. The number of hydrazine groups is 1. The van der Waals surface area contributed by atoms with E-state index in [9.17, 15) is 4.79 Å². The molecule has 2 aliphatic heterocycles. The first kappa shape index (κ1) is 7.46. The molecule has 2 aliphatic rings. The number of nitrogens with zero attached hydrogens (tertiary/aromatic N) is 2. The number of carbonyl (C=O) groups is 1. The molecule has 66 valence electrons. The fraction of sp³-hybridized carbons (Fsp3) is 0.625. The van der Waals surface area contributed by atoms with Gasteiger partial charge in [-0.1, -0.05) is 6.58 Å². The topological polar surface area (TPSA) is 32.8 Å². The molecule has 0 aromatic heterocycles. The summed E-state index contributed by atoms with van der Waals surface area (Å²) in [7, 11) is 0. The second-order valence-corrected chi connectivity index (χ2v) is 3.03. The van der Waals surface area contributed by atoms with Gasteiger partial charge in [0.15, 0.2) is 0 Å². The van der Waals surface area contributed by atoms with Crippen LogP contribution in [0.5, 0.6) is 0 Å². The number of ether oxygens (including phenoxy) is 1. The summed E-state index contributed by atoms with van der Waals surface area (Å²) in [5.41, 5.74) is 1.02. The summed E-state index contributed by atoms with van der Waals surface area (Å²) in [5.74, 6) is 0. The summed E-state index contributed by atoms with van der Waals surface area (Å²) in [4.78, 5) is 11.1. The lowest BCUT2D eigenvalue weighted by Crippen LogP contribution is -2.39. The third kappa shape index (κ3) is 1.03. The van der Waals surface area contributed by atoms with Gasteiger partial charge in [0, 0.05) is 12.2 Å². The lowest BCUT2D eigenvalue weighted by Gasteiger charge is -2.27. The van der Waals surface area contributed by atoms with Crippen LogP contribution in [0.15, 0.2) is 12.3 Å². The Morgan fingerprint density at radius 2 is 2.17 bits per heavy atom. The molecular weight excluding hydrogens is 156 g/mol. The van der Waals surface area contributed by atoms with Gasteiger partial charge in [-0.3, -0.25) is 5.01 Å².